The maximum absolute atomic E-state index is 11.9. The highest BCUT2D eigenvalue weighted by atomic mass is 31.2. The van der Waals surface area contributed by atoms with E-state index in [1.54, 1.807) is 6.07 Å². The summed E-state index contributed by atoms with van der Waals surface area (Å²) in [6.07, 6.45) is 0. The molecule has 6 nitrogen and oxygen atoms in total. The summed E-state index contributed by atoms with van der Waals surface area (Å²) < 4.78 is 16.6. The summed E-state index contributed by atoms with van der Waals surface area (Å²) in [5.74, 6) is -0.370. The Morgan fingerprint density at radius 2 is 1.74 bits per heavy atom. The molecule has 0 aliphatic carbocycles. The monoisotopic (exact) mass is 335 g/mol. The number of para-hydroxylation sites is 1. The van der Waals surface area contributed by atoms with Crippen LogP contribution in [0.2, 0.25) is 0 Å². The van der Waals surface area contributed by atoms with E-state index in [0.717, 1.165) is 5.56 Å². The van der Waals surface area contributed by atoms with Crippen LogP contribution < -0.4 is 15.4 Å². The summed E-state index contributed by atoms with van der Waals surface area (Å²) in [6, 6.07) is 15.0. The topological polar surface area (TPSA) is 95.9 Å². The van der Waals surface area contributed by atoms with Crippen molar-refractivity contribution in [3.63, 3.8) is 0 Å². The molecule has 0 aliphatic heterocycles. The lowest BCUT2D eigenvalue weighted by Gasteiger charge is -2.16. The Hall–Kier alpha value is -2.14. The molecule has 1 amide bonds. The van der Waals surface area contributed by atoms with Crippen LogP contribution in [0.15, 0.2) is 54.6 Å². The molecule has 3 N–H and O–H groups in total. The average Bonchev–Trinajstić information content (AvgIpc) is 2.53. The fourth-order valence-corrected chi connectivity index (χ4v) is 2.78. The van der Waals surface area contributed by atoms with Crippen LogP contribution in [0.1, 0.15) is 18.5 Å². The molecule has 2 aromatic carbocycles. The smallest absolute Gasteiger partial charge is 0.359 e. The van der Waals surface area contributed by atoms with Crippen molar-refractivity contribution in [2.75, 3.05) is 6.61 Å². The molecule has 1 atom stereocenters. The third kappa shape index (κ3) is 4.93. The first kappa shape index (κ1) is 17.2. The highest BCUT2D eigenvalue weighted by molar-refractivity contribution is 7.60. The summed E-state index contributed by atoms with van der Waals surface area (Å²) in [5, 5.41) is 2.53. The van der Waals surface area contributed by atoms with Gasteiger partial charge in [0.05, 0.1) is 6.04 Å². The zero-order valence-electron chi connectivity index (χ0n) is 12.5. The van der Waals surface area contributed by atoms with Crippen LogP contribution in [0.5, 0.6) is 5.75 Å². The lowest BCUT2D eigenvalue weighted by Crippen LogP contribution is -2.31. The second-order valence-electron chi connectivity index (χ2n) is 5.00. The maximum atomic E-state index is 11.9. The Bertz CT molecular complexity index is 713. The minimum Gasteiger partial charge on any atom is -0.483 e. The number of nitrogens with one attached hydrogen (secondary N) is 1. The van der Waals surface area contributed by atoms with Gasteiger partial charge in [0.25, 0.3) is 5.91 Å². The van der Waals surface area contributed by atoms with Crippen LogP contribution in [0, 0.1) is 0 Å². The van der Waals surface area contributed by atoms with E-state index in [0.29, 0.717) is 0 Å². The predicted octanol–water partition coefficient (Wildman–Crippen LogP) is 1.75. The molecule has 7 heteroatoms. The van der Waals surface area contributed by atoms with Gasteiger partial charge in [0.15, 0.2) is 6.61 Å². The summed E-state index contributed by atoms with van der Waals surface area (Å²) >= 11 is 0. The normalized spacial score (nSPS) is 12.5. The molecule has 0 fully saturated rings. The molecule has 0 saturated heterocycles. The molecule has 2 aromatic rings. The van der Waals surface area contributed by atoms with Gasteiger partial charge in [-0.05, 0) is 24.6 Å². The molecule has 0 bridgehead atoms. The van der Waals surface area contributed by atoms with Gasteiger partial charge in [-0.15, -0.1) is 0 Å². The van der Waals surface area contributed by atoms with E-state index in [1.807, 2.05) is 37.3 Å². The standard InChI is InChI=1S/C16H18NO5P/c1-12(13-7-3-2-4-8-13)17-16(18)11-22-14-9-5-6-10-15(14)23(19,20)21/h2-10,12H,11H2,1H3,(H,17,18)(H2,19,20,21). The minimum atomic E-state index is -4.45. The molecule has 23 heavy (non-hydrogen) atoms. The third-order valence-electron chi connectivity index (χ3n) is 3.21. The van der Waals surface area contributed by atoms with E-state index >= 15 is 0 Å². The second-order valence-corrected chi connectivity index (χ2v) is 6.57. The molecule has 0 aliphatic rings. The lowest BCUT2D eigenvalue weighted by molar-refractivity contribution is -0.123. The fourth-order valence-electron chi connectivity index (χ4n) is 2.07. The highest BCUT2D eigenvalue weighted by Gasteiger charge is 2.22. The van der Waals surface area contributed by atoms with E-state index in [1.165, 1.54) is 18.2 Å². The molecule has 122 valence electrons. The Morgan fingerprint density at radius 3 is 2.39 bits per heavy atom. The first-order valence-corrected chi connectivity index (χ1v) is 8.61. The summed E-state index contributed by atoms with van der Waals surface area (Å²) in [6.45, 7) is 1.52. The van der Waals surface area contributed by atoms with Crippen LogP contribution >= 0.6 is 7.60 Å². The molecular weight excluding hydrogens is 317 g/mol. The third-order valence-corrected chi connectivity index (χ3v) is 4.21. The molecule has 0 aromatic heterocycles. The van der Waals surface area contributed by atoms with Crippen molar-refractivity contribution >= 4 is 18.8 Å². The Kier molecular flexibility index (Phi) is 5.55. The number of hydrogen-bond donors (Lipinski definition) is 3. The van der Waals surface area contributed by atoms with Gasteiger partial charge < -0.3 is 19.8 Å². The van der Waals surface area contributed by atoms with Crippen LogP contribution in [0.3, 0.4) is 0 Å². The van der Waals surface area contributed by atoms with E-state index in [2.05, 4.69) is 5.32 Å². The zero-order valence-corrected chi connectivity index (χ0v) is 13.4. The van der Waals surface area contributed by atoms with Crippen molar-refractivity contribution in [1.82, 2.24) is 5.32 Å². The van der Waals surface area contributed by atoms with Crippen molar-refractivity contribution in [3.8, 4) is 5.75 Å². The second kappa shape index (κ2) is 7.42. The first-order valence-electron chi connectivity index (χ1n) is 7.00. The van der Waals surface area contributed by atoms with Crippen molar-refractivity contribution < 1.29 is 23.9 Å². The van der Waals surface area contributed by atoms with Gasteiger partial charge >= 0.3 is 7.60 Å². The predicted molar refractivity (Wildman–Crippen MR) is 86.6 cm³/mol. The summed E-state index contributed by atoms with van der Waals surface area (Å²) in [4.78, 5) is 30.5. The van der Waals surface area contributed by atoms with Crippen molar-refractivity contribution in [2.24, 2.45) is 0 Å². The van der Waals surface area contributed by atoms with E-state index < -0.39 is 7.60 Å². The number of carbonyl (C=O) groups excluding carboxylic acids is 1. The van der Waals surface area contributed by atoms with Crippen molar-refractivity contribution in [2.45, 2.75) is 13.0 Å². The Morgan fingerprint density at radius 1 is 1.13 bits per heavy atom. The SMILES string of the molecule is CC(NC(=O)COc1ccccc1P(=O)(O)O)c1ccccc1. The largest absolute Gasteiger partial charge is 0.483 e. The van der Waals surface area contributed by atoms with E-state index in [-0.39, 0.29) is 29.6 Å². The molecule has 1 unspecified atom stereocenters. The molecule has 0 heterocycles. The number of carbonyl (C=O) groups is 1. The average molecular weight is 335 g/mol. The fraction of sp³-hybridized carbons (Fsp3) is 0.188. The summed E-state index contributed by atoms with van der Waals surface area (Å²) in [7, 11) is -4.45. The van der Waals surface area contributed by atoms with Gasteiger partial charge in [-0.1, -0.05) is 42.5 Å². The number of ether oxygens (including phenoxy) is 1. The Labute approximate surface area is 134 Å². The lowest BCUT2D eigenvalue weighted by atomic mass is 10.1. The van der Waals surface area contributed by atoms with Gasteiger partial charge in [0, 0.05) is 0 Å². The van der Waals surface area contributed by atoms with Gasteiger partial charge in [-0.3, -0.25) is 9.36 Å². The van der Waals surface area contributed by atoms with Crippen LogP contribution in [-0.2, 0) is 9.36 Å². The van der Waals surface area contributed by atoms with Crippen molar-refractivity contribution in [1.29, 1.82) is 0 Å². The van der Waals surface area contributed by atoms with Gasteiger partial charge in [0.1, 0.15) is 11.1 Å². The van der Waals surface area contributed by atoms with Crippen LogP contribution in [0.25, 0.3) is 0 Å². The number of benzene rings is 2. The van der Waals surface area contributed by atoms with Crippen LogP contribution in [-0.4, -0.2) is 22.3 Å². The number of hydrogen-bond acceptors (Lipinski definition) is 3. The van der Waals surface area contributed by atoms with Gasteiger partial charge in [-0.2, -0.15) is 0 Å². The van der Waals surface area contributed by atoms with Gasteiger partial charge in [0.2, 0.25) is 0 Å². The zero-order chi connectivity index (χ0) is 16.9. The highest BCUT2D eigenvalue weighted by Crippen LogP contribution is 2.37. The van der Waals surface area contributed by atoms with E-state index in [9.17, 15) is 19.1 Å². The molecule has 2 rings (SSSR count). The molecule has 0 spiro atoms. The molecule has 0 saturated carbocycles. The molecular formula is C16H18NO5P. The van der Waals surface area contributed by atoms with Crippen molar-refractivity contribution in [3.05, 3.63) is 60.2 Å². The summed E-state index contributed by atoms with van der Waals surface area (Å²) in [5.41, 5.74) is 0.955. The Balaban J connectivity index is 1.97. The van der Waals surface area contributed by atoms with E-state index in [4.69, 9.17) is 4.74 Å². The minimum absolute atomic E-state index is 0.00310. The quantitative estimate of drug-likeness (QED) is 0.699. The molecule has 0 radical (unpaired) electrons. The number of amides is 1. The van der Waals surface area contributed by atoms with Gasteiger partial charge in [-0.25, -0.2) is 0 Å². The van der Waals surface area contributed by atoms with Crippen LogP contribution in [0.4, 0.5) is 0 Å². The first-order chi connectivity index (χ1) is 10.9. The number of rotatable bonds is 6. The maximum Gasteiger partial charge on any atom is 0.359 e.